The third-order valence-electron chi connectivity index (χ3n) is 2.99. The highest BCUT2D eigenvalue weighted by Crippen LogP contribution is 2.24. The fourth-order valence-electron chi connectivity index (χ4n) is 2.25. The number of nitrogens with zero attached hydrogens (tertiary/aromatic N) is 1. The maximum Gasteiger partial charge on any atom is 0.309 e. The molecule has 14 heavy (non-hydrogen) atoms. The zero-order valence-corrected chi connectivity index (χ0v) is 8.42. The van der Waals surface area contributed by atoms with Crippen LogP contribution in [0.2, 0.25) is 0 Å². The summed E-state index contributed by atoms with van der Waals surface area (Å²) in [6.45, 7) is 0. The van der Waals surface area contributed by atoms with E-state index in [2.05, 4.69) is 10.6 Å². The van der Waals surface area contributed by atoms with Crippen molar-refractivity contribution < 1.29 is 9.90 Å². The number of carboxylic acids is 1. The fourth-order valence-corrected chi connectivity index (χ4v) is 2.25. The smallest absolute Gasteiger partial charge is 0.309 e. The Balaban J connectivity index is 2.33. The third-order valence-corrected chi connectivity index (χ3v) is 2.99. The van der Waals surface area contributed by atoms with E-state index in [4.69, 9.17) is 5.11 Å². The first-order valence-corrected chi connectivity index (χ1v) is 5.06. The summed E-state index contributed by atoms with van der Waals surface area (Å²) in [7, 11) is 1.97. The average molecular weight is 193 g/mol. The fraction of sp³-hybridized carbons (Fsp3) is 0.545. The monoisotopic (exact) mass is 193 g/mol. The number of hydrogen-bond donors (Lipinski definition) is 1. The molecule has 0 aliphatic heterocycles. The van der Waals surface area contributed by atoms with Gasteiger partial charge in [-0.25, -0.2) is 0 Å². The minimum Gasteiger partial charge on any atom is -0.481 e. The number of carbonyl (C=O) groups is 1. The van der Waals surface area contributed by atoms with Crippen LogP contribution in [0.5, 0.6) is 0 Å². The lowest BCUT2D eigenvalue weighted by atomic mass is 9.98. The van der Waals surface area contributed by atoms with Crippen molar-refractivity contribution in [2.24, 2.45) is 7.05 Å². The average Bonchev–Trinajstić information content (AvgIpc) is 2.44. The normalized spacial score (nSPS) is 15.2. The molecular weight excluding hydrogens is 178 g/mol. The number of hydrogen-bond acceptors (Lipinski definition) is 1. The Labute approximate surface area is 83.4 Å². The van der Waals surface area contributed by atoms with E-state index in [0.717, 1.165) is 18.5 Å². The standard InChI is InChI=1S/C11H15NO2/c1-12-9(7-11(13)14)6-8-4-2-3-5-10(8)12/h6H,2-5,7H2,1H3,(H,13,14). The first kappa shape index (κ1) is 9.31. The van der Waals surface area contributed by atoms with Crippen molar-refractivity contribution >= 4 is 5.97 Å². The Hall–Kier alpha value is -1.25. The molecule has 0 aromatic carbocycles. The van der Waals surface area contributed by atoms with Crippen LogP contribution in [0, 0.1) is 0 Å². The van der Waals surface area contributed by atoms with Gasteiger partial charge in [0.25, 0.3) is 0 Å². The summed E-state index contributed by atoms with van der Waals surface area (Å²) >= 11 is 0. The molecular formula is C11H15NO2. The van der Waals surface area contributed by atoms with Crippen molar-refractivity contribution in [1.82, 2.24) is 4.57 Å². The molecule has 1 aliphatic carbocycles. The Kier molecular flexibility index (Phi) is 2.32. The molecule has 0 spiro atoms. The highest BCUT2D eigenvalue weighted by Gasteiger charge is 2.16. The number of aryl methyl sites for hydroxylation is 1. The molecule has 1 N–H and O–H groups in total. The predicted molar refractivity (Wildman–Crippen MR) is 53.4 cm³/mol. The second-order valence-corrected chi connectivity index (χ2v) is 3.94. The van der Waals surface area contributed by atoms with Gasteiger partial charge in [0.15, 0.2) is 0 Å². The van der Waals surface area contributed by atoms with Crippen molar-refractivity contribution in [1.29, 1.82) is 0 Å². The summed E-state index contributed by atoms with van der Waals surface area (Å²) in [5.41, 5.74) is 3.63. The van der Waals surface area contributed by atoms with Crippen LogP contribution in [-0.2, 0) is 31.1 Å². The predicted octanol–water partition coefficient (Wildman–Crippen LogP) is 1.53. The van der Waals surface area contributed by atoms with Crippen LogP contribution in [0.4, 0.5) is 0 Å². The van der Waals surface area contributed by atoms with Gasteiger partial charge in [0, 0.05) is 18.4 Å². The summed E-state index contributed by atoms with van der Waals surface area (Å²) in [5.74, 6) is -0.747. The van der Waals surface area contributed by atoms with Gasteiger partial charge in [-0.1, -0.05) is 0 Å². The summed E-state index contributed by atoms with van der Waals surface area (Å²) in [6.07, 6.45) is 4.83. The summed E-state index contributed by atoms with van der Waals surface area (Å²) in [4.78, 5) is 10.6. The minimum atomic E-state index is -0.747. The van der Waals surface area contributed by atoms with E-state index in [1.165, 1.54) is 24.1 Å². The zero-order chi connectivity index (χ0) is 10.1. The van der Waals surface area contributed by atoms with Crippen LogP contribution in [0.25, 0.3) is 0 Å². The van der Waals surface area contributed by atoms with Crippen LogP contribution >= 0.6 is 0 Å². The number of rotatable bonds is 2. The van der Waals surface area contributed by atoms with Crippen molar-refractivity contribution in [3.05, 3.63) is 23.0 Å². The van der Waals surface area contributed by atoms with Gasteiger partial charge in [0.05, 0.1) is 6.42 Å². The lowest BCUT2D eigenvalue weighted by Crippen LogP contribution is -2.09. The molecule has 0 radical (unpaired) electrons. The Morgan fingerprint density at radius 1 is 1.50 bits per heavy atom. The lowest BCUT2D eigenvalue weighted by molar-refractivity contribution is -0.136. The second kappa shape index (κ2) is 3.48. The molecule has 0 unspecified atom stereocenters. The van der Waals surface area contributed by atoms with E-state index in [1.807, 2.05) is 7.05 Å². The van der Waals surface area contributed by atoms with Crippen molar-refractivity contribution in [3.63, 3.8) is 0 Å². The largest absolute Gasteiger partial charge is 0.481 e. The van der Waals surface area contributed by atoms with Crippen LogP contribution in [0.15, 0.2) is 6.07 Å². The maximum atomic E-state index is 10.6. The van der Waals surface area contributed by atoms with Gasteiger partial charge in [0.2, 0.25) is 0 Å². The van der Waals surface area contributed by atoms with E-state index >= 15 is 0 Å². The quantitative estimate of drug-likeness (QED) is 0.774. The molecule has 1 aromatic heterocycles. The maximum absolute atomic E-state index is 10.6. The van der Waals surface area contributed by atoms with E-state index in [9.17, 15) is 4.79 Å². The first-order valence-electron chi connectivity index (χ1n) is 5.06. The van der Waals surface area contributed by atoms with Gasteiger partial charge >= 0.3 is 5.97 Å². The Morgan fingerprint density at radius 2 is 2.21 bits per heavy atom. The van der Waals surface area contributed by atoms with Crippen molar-refractivity contribution in [2.45, 2.75) is 32.1 Å². The minimum absolute atomic E-state index is 0.142. The van der Waals surface area contributed by atoms with Gasteiger partial charge in [-0.2, -0.15) is 0 Å². The van der Waals surface area contributed by atoms with E-state index in [1.54, 1.807) is 0 Å². The highest BCUT2D eigenvalue weighted by molar-refractivity contribution is 5.69. The van der Waals surface area contributed by atoms with Crippen LogP contribution in [0.1, 0.15) is 29.8 Å². The van der Waals surface area contributed by atoms with Gasteiger partial charge in [-0.15, -0.1) is 0 Å². The second-order valence-electron chi connectivity index (χ2n) is 3.94. The molecule has 1 aromatic rings. The van der Waals surface area contributed by atoms with E-state index < -0.39 is 5.97 Å². The molecule has 3 nitrogen and oxygen atoms in total. The molecule has 1 aliphatic rings. The molecule has 0 saturated heterocycles. The molecule has 3 heteroatoms. The molecule has 0 atom stereocenters. The molecule has 1 heterocycles. The van der Waals surface area contributed by atoms with Crippen LogP contribution in [-0.4, -0.2) is 15.6 Å². The summed E-state index contributed by atoms with van der Waals surface area (Å²) in [6, 6.07) is 2.06. The summed E-state index contributed by atoms with van der Waals surface area (Å²) < 4.78 is 2.06. The molecule has 0 amide bonds. The van der Waals surface area contributed by atoms with Gasteiger partial charge in [0.1, 0.15) is 0 Å². The highest BCUT2D eigenvalue weighted by atomic mass is 16.4. The molecule has 0 fully saturated rings. The van der Waals surface area contributed by atoms with Crippen molar-refractivity contribution in [3.8, 4) is 0 Å². The number of aromatic nitrogens is 1. The SMILES string of the molecule is Cn1c(CC(=O)O)cc2c1CCCC2. The summed E-state index contributed by atoms with van der Waals surface area (Å²) in [5, 5.41) is 8.74. The van der Waals surface area contributed by atoms with Gasteiger partial charge in [-0.3, -0.25) is 4.79 Å². The van der Waals surface area contributed by atoms with E-state index in [0.29, 0.717) is 0 Å². The zero-order valence-electron chi connectivity index (χ0n) is 8.42. The Bertz CT molecular complexity index is 366. The van der Waals surface area contributed by atoms with Crippen LogP contribution < -0.4 is 0 Å². The topological polar surface area (TPSA) is 42.2 Å². The molecule has 76 valence electrons. The number of carboxylic acid groups (broad SMARTS) is 1. The van der Waals surface area contributed by atoms with E-state index in [-0.39, 0.29) is 6.42 Å². The molecule has 0 saturated carbocycles. The first-order chi connectivity index (χ1) is 6.68. The van der Waals surface area contributed by atoms with Gasteiger partial charge in [-0.05, 0) is 37.3 Å². The Morgan fingerprint density at radius 3 is 2.86 bits per heavy atom. The molecule has 2 rings (SSSR count). The van der Waals surface area contributed by atoms with Gasteiger partial charge < -0.3 is 9.67 Å². The third kappa shape index (κ3) is 1.54. The number of fused-ring (bicyclic) bond motifs is 1. The van der Waals surface area contributed by atoms with Crippen molar-refractivity contribution in [2.75, 3.05) is 0 Å². The number of aliphatic carboxylic acids is 1. The lowest BCUT2D eigenvalue weighted by Gasteiger charge is -2.13. The van der Waals surface area contributed by atoms with Crippen LogP contribution in [0.3, 0.4) is 0 Å². The molecule has 0 bridgehead atoms.